The third-order valence-electron chi connectivity index (χ3n) is 6.60. The fourth-order valence-corrected chi connectivity index (χ4v) is 6.29. The van der Waals surface area contributed by atoms with Crippen molar-refractivity contribution in [3.8, 4) is 0 Å². The van der Waals surface area contributed by atoms with Crippen LogP contribution in [0.25, 0.3) is 10.1 Å². The highest BCUT2D eigenvalue weighted by molar-refractivity contribution is 7.17. The first-order valence-electron chi connectivity index (χ1n) is 9.81. The van der Waals surface area contributed by atoms with E-state index in [2.05, 4.69) is 39.4 Å². The van der Waals surface area contributed by atoms with Crippen LogP contribution in [0.3, 0.4) is 0 Å². The van der Waals surface area contributed by atoms with Gasteiger partial charge >= 0.3 is 0 Å². The predicted octanol–water partition coefficient (Wildman–Crippen LogP) is 4.48. The average Bonchev–Trinajstić information content (AvgIpc) is 3.30. The van der Waals surface area contributed by atoms with Crippen molar-refractivity contribution in [1.29, 1.82) is 0 Å². The number of halogens is 1. The molecule has 140 valence electrons. The summed E-state index contributed by atoms with van der Waals surface area (Å²) in [4.78, 5) is 18.3. The van der Waals surface area contributed by atoms with E-state index in [9.17, 15) is 4.79 Å². The fraction of sp³-hybridized carbons (Fsp3) is 0.571. The number of nitrogens with zero attached hydrogens (tertiary/aromatic N) is 2. The first kappa shape index (κ1) is 18.3. The largest absolute Gasteiger partial charge is 0.336 e. The van der Waals surface area contributed by atoms with Gasteiger partial charge in [-0.05, 0) is 60.7 Å². The molecule has 3 atom stereocenters. The maximum absolute atomic E-state index is 13.3. The van der Waals surface area contributed by atoms with Crippen LogP contribution in [-0.2, 0) is 11.2 Å². The zero-order valence-electron chi connectivity index (χ0n) is 15.1. The van der Waals surface area contributed by atoms with E-state index < -0.39 is 0 Å². The molecular formula is C21H27ClN2OS. The third kappa shape index (κ3) is 3.06. The van der Waals surface area contributed by atoms with Crippen molar-refractivity contribution in [2.45, 2.75) is 63.1 Å². The summed E-state index contributed by atoms with van der Waals surface area (Å²) in [6.07, 6.45) is 8.23. The minimum Gasteiger partial charge on any atom is -0.336 e. The van der Waals surface area contributed by atoms with Gasteiger partial charge in [0.25, 0.3) is 0 Å². The normalized spacial score (nSPS) is 28.5. The Hall–Kier alpha value is -1.10. The summed E-state index contributed by atoms with van der Waals surface area (Å²) in [7, 11) is 0. The molecule has 1 aromatic carbocycles. The van der Waals surface area contributed by atoms with Crippen molar-refractivity contribution in [2.24, 2.45) is 0 Å². The van der Waals surface area contributed by atoms with Crippen molar-refractivity contribution in [2.75, 3.05) is 13.1 Å². The Bertz CT molecular complexity index is 791. The summed E-state index contributed by atoms with van der Waals surface area (Å²) >= 11 is 1.76. The van der Waals surface area contributed by atoms with Crippen LogP contribution in [-0.4, -0.2) is 46.9 Å². The lowest BCUT2D eigenvalue weighted by molar-refractivity contribution is -0.140. The number of carbonyl (C=O) groups excluding carboxylic acids is 1. The molecule has 3 fully saturated rings. The van der Waals surface area contributed by atoms with Gasteiger partial charge < -0.3 is 4.90 Å². The van der Waals surface area contributed by atoms with E-state index in [1.165, 1.54) is 60.7 Å². The molecule has 1 aromatic heterocycles. The van der Waals surface area contributed by atoms with Gasteiger partial charge in [0.2, 0.25) is 5.91 Å². The van der Waals surface area contributed by atoms with Crippen LogP contribution in [0.1, 0.15) is 44.1 Å². The number of rotatable bonds is 2. The Morgan fingerprint density at radius 1 is 1.08 bits per heavy atom. The summed E-state index contributed by atoms with van der Waals surface area (Å²) in [5.41, 5.74) is 1.20. The Morgan fingerprint density at radius 3 is 2.81 bits per heavy atom. The second kappa shape index (κ2) is 7.49. The van der Waals surface area contributed by atoms with Crippen LogP contribution in [0.15, 0.2) is 29.6 Å². The molecule has 1 aliphatic carbocycles. The maximum atomic E-state index is 13.3. The maximum Gasteiger partial charge on any atom is 0.227 e. The highest BCUT2D eigenvalue weighted by Crippen LogP contribution is 2.37. The second-order valence-electron chi connectivity index (χ2n) is 7.93. The molecule has 0 bridgehead atoms. The molecule has 26 heavy (non-hydrogen) atoms. The van der Waals surface area contributed by atoms with E-state index in [1.807, 2.05) is 0 Å². The van der Waals surface area contributed by atoms with Crippen molar-refractivity contribution >= 4 is 39.7 Å². The molecular weight excluding hydrogens is 364 g/mol. The van der Waals surface area contributed by atoms with Crippen LogP contribution in [0, 0.1) is 0 Å². The van der Waals surface area contributed by atoms with Gasteiger partial charge in [0.05, 0.1) is 6.42 Å². The lowest BCUT2D eigenvalue weighted by Gasteiger charge is -2.51. The smallest absolute Gasteiger partial charge is 0.227 e. The lowest BCUT2D eigenvalue weighted by Crippen LogP contribution is -2.64. The molecule has 3 aliphatic rings. The number of fused-ring (bicyclic) bond motifs is 4. The number of hydrogen-bond donors (Lipinski definition) is 0. The van der Waals surface area contributed by atoms with Gasteiger partial charge in [0, 0.05) is 29.4 Å². The molecule has 2 aromatic rings. The monoisotopic (exact) mass is 390 g/mol. The Kier molecular flexibility index (Phi) is 5.27. The molecule has 3 nitrogen and oxygen atoms in total. The van der Waals surface area contributed by atoms with E-state index in [4.69, 9.17) is 0 Å². The standard InChI is InChI=1S/C21H26N2OS.ClH/c24-21(13-15-5-3-9-20-17(15)10-12-25-20)23-14-16-6-4-11-22(16)18-7-1-2-8-19(18)23;/h3,5,9-10,12,16,18-19H,1-2,4,6-8,11,13-14H2;1H/t16?,18-,19-;/m1./s1. The lowest BCUT2D eigenvalue weighted by atomic mass is 9.85. The first-order valence-corrected chi connectivity index (χ1v) is 10.7. The quantitative estimate of drug-likeness (QED) is 0.754. The zero-order valence-corrected chi connectivity index (χ0v) is 16.7. The van der Waals surface area contributed by atoms with E-state index in [0.29, 0.717) is 30.5 Å². The molecule has 5 heteroatoms. The molecule has 1 unspecified atom stereocenters. The Balaban J connectivity index is 0.00000168. The number of piperazine rings is 1. The SMILES string of the molecule is Cl.O=C(Cc1cccc2sccc12)N1CC2CCCN2[C@@H]2CCCC[C@H]21. The molecule has 1 amide bonds. The minimum absolute atomic E-state index is 0. The molecule has 3 heterocycles. The van der Waals surface area contributed by atoms with Crippen LogP contribution in [0.4, 0.5) is 0 Å². The average molecular weight is 391 g/mol. The first-order chi connectivity index (χ1) is 12.3. The number of amides is 1. The minimum atomic E-state index is 0. The van der Waals surface area contributed by atoms with Crippen LogP contribution >= 0.6 is 23.7 Å². The summed E-state index contributed by atoms with van der Waals surface area (Å²) in [6.45, 7) is 2.21. The van der Waals surface area contributed by atoms with Crippen molar-refractivity contribution in [3.63, 3.8) is 0 Å². The number of thiophene rings is 1. The molecule has 0 radical (unpaired) electrons. The van der Waals surface area contributed by atoms with Gasteiger partial charge in [-0.2, -0.15) is 0 Å². The van der Waals surface area contributed by atoms with E-state index in [-0.39, 0.29) is 12.4 Å². The fourth-order valence-electron chi connectivity index (χ4n) is 5.46. The molecule has 2 aliphatic heterocycles. The summed E-state index contributed by atoms with van der Waals surface area (Å²) in [6, 6.07) is 10.2. The summed E-state index contributed by atoms with van der Waals surface area (Å²) in [5.74, 6) is 0.349. The van der Waals surface area contributed by atoms with Gasteiger partial charge in [0.1, 0.15) is 0 Å². The van der Waals surface area contributed by atoms with E-state index >= 15 is 0 Å². The summed E-state index contributed by atoms with van der Waals surface area (Å²) < 4.78 is 1.29. The van der Waals surface area contributed by atoms with Gasteiger partial charge in [-0.1, -0.05) is 25.0 Å². The predicted molar refractivity (Wildman–Crippen MR) is 110 cm³/mol. The highest BCUT2D eigenvalue weighted by Gasteiger charge is 2.45. The van der Waals surface area contributed by atoms with E-state index in [1.54, 1.807) is 11.3 Å². The Morgan fingerprint density at radius 2 is 1.92 bits per heavy atom. The third-order valence-corrected chi connectivity index (χ3v) is 7.48. The molecule has 1 saturated carbocycles. The van der Waals surface area contributed by atoms with Crippen molar-refractivity contribution in [3.05, 3.63) is 35.2 Å². The summed E-state index contributed by atoms with van der Waals surface area (Å²) in [5, 5.41) is 3.40. The number of benzene rings is 1. The van der Waals surface area contributed by atoms with Crippen LogP contribution < -0.4 is 0 Å². The van der Waals surface area contributed by atoms with Crippen molar-refractivity contribution in [1.82, 2.24) is 9.80 Å². The van der Waals surface area contributed by atoms with Crippen molar-refractivity contribution < 1.29 is 4.79 Å². The van der Waals surface area contributed by atoms with Gasteiger partial charge in [-0.25, -0.2) is 0 Å². The van der Waals surface area contributed by atoms with E-state index in [0.717, 1.165) is 6.54 Å². The topological polar surface area (TPSA) is 23.6 Å². The molecule has 0 N–H and O–H groups in total. The Labute approximate surface area is 165 Å². The van der Waals surface area contributed by atoms with Gasteiger partial charge in [-0.3, -0.25) is 9.69 Å². The molecule has 5 rings (SSSR count). The highest BCUT2D eigenvalue weighted by atomic mass is 35.5. The molecule has 0 spiro atoms. The van der Waals surface area contributed by atoms with Crippen LogP contribution in [0.5, 0.6) is 0 Å². The zero-order chi connectivity index (χ0) is 16.8. The second-order valence-corrected chi connectivity index (χ2v) is 8.87. The van der Waals surface area contributed by atoms with Gasteiger partial charge in [0.15, 0.2) is 0 Å². The number of carbonyl (C=O) groups is 1. The number of hydrogen-bond acceptors (Lipinski definition) is 3. The van der Waals surface area contributed by atoms with Crippen LogP contribution in [0.2, 0.25) is 0 Å². The van der Waals surface area contributed by atoms with Gasteiger partial charge in [-0.15, -0.1) is 23.7 Å². The molecule has 2 saturated heterocycles.